The van der Waals surface area contributed by atoms with Crippen molar-refractivity contribution in [3.63, 3.8) is 0 Å². The molecule has 0 aliphatic carbocycles. The van der Waals surface area contributed by atoms with Gasteiger partial charge in [-0.15, -0.1) is 0 Å². The first-order chi connectivity index (χ1) is 18.6. The molecule has 0 spiro atoms. The minimum atomic E-state index is -1.52. The average Bonchev–Trinajstić information content (AvgIpc) is 3.45. The molecule has 1 fully saturated rings. The van der Waals surface area contributed by atoms with Gasteiger partial charge in [-0.1, -0.05) is 48.6 Å². The molecule has 1 atom stereocenters. The Morgan fingerprint density at radius 3 is 2.66 bits per heavy atom. The SMILES string of the molecule is O=C(NCCCN1CCOCC1)c1coc(C(CCCC=Cc2cccnc2)(C(=O)O)c2ccccc2)n1. The van der Waals surface area contributed by atoms with Gasteiger partial charge in [-0.2, -0.15) is 0 Å². The molecule has 1 aliphatic heterocycles. The summed E-state index contributed by atoms with van der Waals surface area (Å²) < 4.78 is 11.1. The molecule has 1 saturated heterocycles. The molecule has 1 aromatic carbocycles. The molecule has 0 bridgehead atoms. The molecule has 1 aliphatic rings. The third kappa shape index (κ3) is 6.93. The summed E-state index contributed by atoms with van der Waals surface area (Å²) in [5.41, 5.74) is 0.0963. The molecular formula is C29H34N4O5. The number of nitrogens with one attached hydrogen (secondary N) is 1. The van der Waals surface area contributed by atoms with E-state index in [1.165, 1.54) is 6.26 Å². The number of aliphatic carboxylic acids is 1. The molecule has 2 N–H and O–H groups in total. The number of carboxylic acids is 1. The van der Waals surface area contributed by atoms with Crippen LogP contribution in [0.2, 0.25) is 0 Å². The lowest BCUT2D eigenvalue weighted by molar-refractivity contribution is -0.143. The van der Waals surface area contributed by atoms with E-state index in [4.69, 9.17) is 9.15 Å². The number of pyridine rings is 1. The molecular weight excluding hydrogens is 484 g/mol. The highest BCUT2D eigenvalue weighted by atomic mass is 16.5. The third-order valence-electron chi connectivity index (χ3n) is 6.69. The Kier molecular flexibility index (Phi) is 9.77. The number of carboxylic acid groups (broad SMARTS) is 1. The van der Waals surface area contributed by atoms with E-state index >= 15 is 0 Å². The number of nitrogens with zero attached hydrogens (tertiary/aromatic N) is 3. The Morgan fingerprint density at radius 2 is 1.92 bits per heavy atom. The fourth-order valence-electron chi connectivity index (χ4n) is 4.59. The van der Waals surface area contributed by atoms with Gasteiger partial charge in [-0.25, -0.2) is 4.98 Å². The van der Waals surface area contributed by atoms with Crippen LogP contribution in [0.25, 0.3) is 6.08 Å². The Balaban J connectivity index is 1.43. The lowest BCUT2D eigenvalue weighted by Gasteiger charge is -2.26. The van der Waals surface area contributed by atoms with E-state index in [0.717, 1.165) is 44.8 Å². The standard InChI is InChI=1S/C29H34N4O5/c34-26(31-15-8-16-33-17-19-37-20-18-33)25-22-38-27(32-25)29(28(35)36,24-11-4-1-5-12-24)13-6-2-3-9-23-10-7-14-30-21-23/h1,3-5,7,9-12,14,21-22H,2,6,8,13,15-20H2,(H,31,34)(H,35,36). The molecule has 9 nitrogen and oxygen atoms in total. The van der Waals surface area contributed by atoms with E-state index in [1.807, 2.05) is 30.4 Å². The molecule has 38 heavy (non-hydrogen) atoms. The van der Waals surface area contributed by atoms with Crippen LogP contribution in [0.5, 0.6) is 0 Å². The second-order valence-corrected chi connectivity index (χ2v) is 9.26. The van der Waals surface area contributed by atoms with E-state index < -0.39 is 11.4 Å². The lowest BCUT2D eigenvalue weighted by Crippen LogP contribution is -2.38. The van der Waals surface area contributed by atoms with E-state index in [-0.39, 0.29) is 23.9 Å². The number of unbranched alkanes of at least 4 members (excludes halogenated alkanes) is 1. The van der Waals surface area contributed by atoms with Crippen LogP contribution < -0.4 is 5.32 Å². The van der Waals surface area contributed by atoms with Crippen LogP contribution in [0.15, 0.2) is 71.6 Å². The maximum absolute atomic E-state index is 12.8. The number of hydrogen-bond donors (Lipinski definition) is 2. The first-order valence-corrected chi connectivity index (χ1v) is 13.0. The van der Waals surface area contributed by atoms with Crippen LogP contribution in [0.3, 0.4) is 0 Å². The molecule has 1 amide bonds. The van der Waals surface area contributed by atoms with Crippen LogP contribution in [0, 0.1) is 0 Å². The van der Waals surface area contributed by atoms with Gasteiger partial charge < -0.3 is 19.6 Å². The first kappa shape index (κ1) is 27.2. The van der Waals surface area contributed by atoms with Crippen molar-refractivity contribution >= 4 is 18.0 Å². The summed E-state index contributed by atoms with van der Waals surface area (Å²) in [7, 11) is 0. The molecule has 2 aromatic heterocycles. The minimum absolute atomic E-state index is 0.00547. The smallest absolute Gasteiger partial charge is 0.323 e. The van der Waals surface area contributed by atoms with Crippen molar-refractivity contribution in [3.05, 3.63) is 89.9 Å². The highest BCUT2D eigenvalue weighted by Crippen LogP contribution is 2.37. The summed E-state index contributed by atoms with van der Waals surface area (Å²) in [5, 5.41) is 13.3. The molecule has 3 heterocycles. The fraction of sp³-hybridized carbons (Fsp3) is 0.379. The molecule has 0 saturated carbocycles. The number of morpholine rings is 1. The zero-order valence-electron chi connectivity index (χ0n) is 21.4. The maximum atomic E-state index is 12.8. The summed E-state index contributed by atoms with van der Waals surface area (Å²) in [4.78, 5) is 36.3. The number of allylic oxidation sites excluding steroid dienone is 1. The van der Waals surface area contributed by atoms with Crippen molar-refractivity contribution in [1.82, 2.24) is 20.2 Å². The monoisotopic (exact) mass is 518 g/mol. The molecule has 1 unspecified atom stereocenters. The van der Waals surface area contributed by atoms with Gasteiger partial charge in [-0.05, 0) is 49.4 Å². The summed E-state index contributed by atoms with van der Waals surface area (Å²) in [6, 6.07) is 12.8. The fourth-order valence-corrected chi connectivity index (χ4v) is 4.59. The number of carbonyl (C=O) groups is 2. The molecule has 4 rings (SSSR count). The summed E-state index contributed by atoms with van der Waals surface area (Å²) in [6.45, 7) is 4.64. The van der Waals surface area contributed by atoms with E-state index in [0.29, 0.717) is 24.9 Å². The number of hydrogen-bond acceptors (Lipinski definition) is 7. The maximum Gasteiger partial charge on any atom is 0.323 e. The predicted molar refractivity (Wildman–Crippen MR) is 143 cm³/mol. The molecule has 0 radical (unpaired) electrons. The number of ether oxygens (including phenoxy) is 1. The van der Waals surface area contributed by atoms with E-state index in [9.17, 15) is 14.7 Å². The van der Waals surface area contributed by atoms with Gasteiger partial charge in [0.1, 0.15) is 6.26 Å². The lowest BCUT2D eigenvalue weighted by atomic mass is 9.76. The third-order valence-corrected chi connectivity index (χ3v) is 6.69. The van der Waals surface area contributed by atoms with E-state index in [2.05, 4.69) is 20.2 Å². The Hall–Kier alpha value is -3.82. The number of benzene rings is 1. The number of carbonyl (C=O) groups excluding carboxylic acids is 1. The van der Waals surface area contributed by atoms with Gasteiger partial charge in [-0.3, -0.25) is 19.5 Å². The second kappa shape index (κ2) is 13.6. The van der Waals surface area contributed by atoms with Crippen LogP contribution in [-0.4, -0.2) is 71.2 Å². The van der Waals surface area contributed by atoms with Gasteiger partial charge in [0, 0.05) is 32.0 Å². The highest BCUT2D eigenvalue weighted by molar-refractivity contribution is 5.92. The van der Waals surface area contributed by atoms with Gasteiger partial charge in [0.05, 0.1) is 13.2 Å². The Labute approximate surface area is 222 Å². The van der Waals surface area contributed by atoms with Crippen molar-refractivity contribution in [2.45, 2.75) is 31.1 Å². The molecule has 3 aromatic rings. The predicted octanol–water partition coefficient (Wildman–Crippen LogP) is 3.78. The van der Waals surface area contributed by atoms with Gasteiger partial charge in [0.25, 0.3) is 5.91 Å². The number of aromatic nitrogens is 2. The summed E-state index contributed by atoms with van der Waals surface area (Å²) >= 11 is 0. The molecule has 9 heteroatoms. The van der Waals surface area contributed by atoms with Crippen molar-refractivity contribution < 1.29 is 23.8 Å². The number of rotatable bonds is 13. The Bertz CT molecular complexity index is 1190. The van der Waals surface area contributed by atoms with Crippen LogP contribution in [-0.2, 0) is 14.9 Å². The first-order valence-electron chi connectivity index (χ1n) is 13.0. The van der Waals surface area contributed by atoms with Crippen LogP contribution in [0.4, 0.5) is 0 Å². The summed E-state index contributed by atoms with van der Waals surface area (Å²) in [6.07, 6.45) is 11.0. The molecule has 200 valence electrons. The average molecular weight is 519 g/mol. The van der Waals surface area contributed by atoms with Crippen molar-refractivity contribution in [2.24, 2.45) is 0 Å². The zero-order chi connectivity index (χ0) is 26.6. The quantitative estimate of drug-likeness (QED) is 0.328. The normalized spacial score (nSPS) is 15.8. The van der Waals surface area contributed by atoms with Gasteiger partial charge >= 0.3 is 5.97 Å². The largest absolute Gasteiger partial charge is 0.480 e. The minimum Gasteiger partial charge on any atom is -0.480 e. The Morgan fingerprint density at radius 1 is 1.11 bits per heavy atom. The van der Waals surface area contributed by atoms with Gasteiger partial charge in [0.2, 0.25) is 5.89 Å². The topological polar surface area (TPSA) is 118 Å². The van der Waals surface area contributed by atoms with Crippen molar-refractivity contribution in [2.75, 3.05) is 39.4 Å². The van der Waals surface area contributed by atoms with Crippen LogP contribution >= 0.6 is 0 Å². The van der Waals surface area contributed by atoms with E-state index in [1.54, 1.807) is 36.7 Å². The second-order valence-electron chi connectivity index (χ2n) is 9.26. The number of amides is 1. The van der Waals surface area contributed by atoms with Crippen molar-refractivity contribution in [3.8, 4) is 0 Å². The van der Waals surface area contributed by atoms with Gasteiger partial charge in [0.15, 0.2) is 11.1 Å². The van der Waals surface area contributed by atoms with Crippen LogP contribution in [0.1, 0.15) is 53.2 Å². The number of oxazole rings is 1. The zero-order valence-corrected chi connectivity index (χ0v) is 21.4. The highest BCUT2D eigenvalue weighted by Gasteiger charge is 2.46. The summed E-state index contributed by atoms with van der Waals surface area (Å²) in [5.74, 6) is -1.45. The van der Waals surface area contributed by atoms with Crippen molar-refractivity contribution in [1.29, 1.82) is 0 Å².